The first-order valence-electron chi connectivity index (χ1n) is 12.4. The van der Waals surface area contributed by atoms with Crippen molar-refractivity contribution in [1.29, 1.82) is 0 Å². The van der Waals surface area contributed by atoms with Gasteiger partial charge < -0.3 is 29.1 Å². The summed E-state index contributed by atoms with van der Waals surface area (Å²) < 4.78 is 14.1. The van der Waals surface area contributed by atoms with Gasteiger partial charge in [-0.3, -0.25) is 19.2 Å². The van der Waals surface area contributed by atoms with Gasteiger partial charge in [0.05, 0.1) is 7.11 Å². The molecule has 2 saturated heterocycles. The Morgan fingerprint density at radius 3 is 1.39 bits per heavy atom. The van der Waals surface area contributed by atoms with Crippen molar-refractivity contribution in [2.24, 2.45) is 0 Å². The summed E-state index contributed by atoms with van der Waals surface area (Å²) in [6.45, 7) is 12.5. The normalized spacial score (nSPS) is 16.4. The second-order valence-electron chi connectivity index (χ2n) is 8.08. The lowest BCUT2D eigenvalue weighted by Gasteiger charge is -2.26. The summed E-state index contributed by atoms with van der Waals surface area (Å²) in [5.41, 5.74) is 0. The van der Waals surface area contributed by atoms with Crippen molar-refractivity contribution < 1.29 is 48.1 Å². The fourth-order valence-electron chi connectivity index (χ4n) is 3.34. The monoisotopic (exact) mass is 542 g/mol. The quantitative estimate of drug-likeness (QED) is 0.229. The molecule has 0 bridgehead atoms. The van der Waals surface area contributed by atoms with E-state index >= 15 is 0 Å². The maximum Gasteiger partial charge on any atom is 0.332 e. The van der Waals surface area contributed by atoms with Gasteiger partial charge in [0.2, 0.25) is 11.8 Å². The van der Waals surface area contributed by atoms with E-state index in [4.69, 9.17) is 19.4 Å². The molecule has 38 heavy (non-hydrogen) atoms. The highest BCUT2D eigenvalue weighted by Gasteiger charge is 2.24. The van der Waals surface area contributed by atoms with Gasteiger partial charge in [-0.2, -0.15) is 0 Å². The maximum absolute atomic E-state index is 11.6. The molecule has 2 unspecified atom stereocenters. The van der Waals surface area contributed by atoms with Crippen molar-refractivity contribution in [3.63, 3.8) is 0 Å². The number of hydrogen-bond donors (Lipinski definition) is 1. The first kappa shape index (κ1) is 36.5. The summed E-state index contributed by atoms with van der Waals surface area (Å²) in [7, 11) is 1.35. The molecule has 2 heterocycles. The largest absolute Gasteiger partial charge is 0.483 e. The van der Waals surface area contributed by atoms with Gasteiger partial charge in [0, 0.05) is 45.0 Å². The number of amides is 2. The molecule has 0 saturated carbocycles. The van der Waals surface area contributed by atoms with Gasteiger partial charge in [-0.05, 0) is 39.5 Å². The third kappa shape index (κ3) is 17.7. The molecule has 0 aliphatic carbocycles. The van der Waals surface area contributed by atoms with Gasteiger partial charge in [0.25, 0.3) is 6.47 Å². The number of carboxylic acid groups (broad SMARTS) is 1. The van der Waals surface area contributed by atoms with Crippen LogP contribution in [0.5, 0.6) is 0 Å². The second-order valence-corrected chi connectivity index (χ2v) is 8.08. The molecule has 0 aromatic heterocycles. The zero-order chi connectivity index (χ0) is 29.5. The van der Waals surface area contributed by atoms with E-state index < -0.39 is 24.4 Å². The van der Waals surface area contributed by atoms with E-state index in [1.165, 1.54) is 14.0 Å². The van der Waals surface area contributed by atoms with Crippen molar-refractivity contribution in [2.75, 3.05) is 20.2 Å². The van der Waals surface area contributed by atoms with E-state index in [2.05, 4.69) is 17.9 Å². The third-order valence-corrected chi connectivity index (χ3v) is 5.29. The van der Waals surface area contributed by atoms with Crippen LogP contribution in [0.15, 0.2) is 25.3 Å². The van der Waals surface area contributed by atoms with E-state index in [9.17, 15) is 24.0 Å². The zero-order valence-electron chi connectivity index (χ0n) is 22.9. The average Bonchev–Trinajstić information content (AvgIpc) is 3.24. The lowest BCUT2D eigenvalue weighted by molar-refractivity contribution is -0.160. The highest BCUT2D eigenvalue weighted by molar-refractivity contribution is 5.82. The molecule has 2 aliphatic rings. The summed E-state index contributed by atoms with van der Waals surface area (Å²) >= 11 is 0. The molecular weight excluding hydrogens is 500 g/mol. The molecule has 12 heteroatoms. The Kier molecular flexibility index (Phi) is 21.6. The molecule has 0 radical (unpaired) electrons. The molecule has 2 rings (SSSR count). The van der Waals surface area contributed by atoms with E-state index in [0.29, 0.717) is 25.9 Å². The Labute approximate surface area is 224 Å². The minimum Gasteiger partial charge on any atom is -0.483 e. The van der Waals surface area contributed by atoms with Crippen LogP contribution in [-0.2, 0) is 43.0 Å². The Morgan fingerprint density at radius 2 is 1.13 bits per heavy atom. The molecule has 0 spiro atoms. The number of carbonyl (C=O) groups is 6. The van der Waals surface area contributed by atoms with Crippen LogP contribution in [0.1, 0.15) is 72.1 Å². The van der Waals surface area contributed by atoms with Crippen LogP contribution >= 0.6 is 0 Å². The molecule has 2 aliphatic heterocycles. The standard InChI is InChI=1S/2C11H17NO3.C3H6O2.CH2O2/c2*1-3-11(14)15-9(2)12-8-6-4-5-7-10(12)13;1-3(4)5-2;2-1-3/h2*3,9H,1,4-8H2,2H3;1-2H3;1H,(H,2,3). The lowest BCUT2D eigenvalue weighted by Crippen LogP contribution is -2.40. The van der Waals surface area contributed by atoms with Crippen molar-refractivity contribution >= 4 is 36.2 Å². The van der Waals surface area contributed by atoms with Crippen LogP contribution < -0.4 is 0 Å². The van der Waals surface area contributed by atoms with E-state index in [1.54, 1.807) is 23.6 Å². The zero-order valence-corrected chi connectivity index (χ0v) is 22.9. The minimum atomic E-state index is -0.487. The number of ether oxygens (including phenoxy) is 3. The summed E-state index contributed by atoms with van der Waals surface area (Å²) in [6.07, 6.45) is 8.28. The van der Waals surface area contributed by atoms with Gasteiger partial charge in [-0.15, -0.1) is 0 Å². The number of hydrogen-bond acceptors (Lipinski definition) is 9. The maximum atomic E-state index is 11.6. The van der Waals surface area contributed by atoms with Crippen molar-refractivity contribution in [3.8, 4) is 0 Å². The highest BCUT2D eigenvalue weighted by atomic mass is 16.6. The summed E-state index contributed by atoms with van der Waals surface area (Å²) in [5, 5.41) is 6.89. The lowest BCUT2D eigenvalue weighted by atomic mass is 10.2. The molecule has 1 N–H and O–H groups in total. The van der Waals surface area contributed by atoms with Gasteiger partial charge in [-0.25, -0.2) is 9.59 Å². The average molecular weight is 543 g/mol. The number of rotatable bonds is 6. The fraction of sp³-hybridized carbons (Fsp3) is 0.615. The van der Waals surface area contributed by atoms with Crippen LogP contribution in [-0.4, -0.2) is 83.8 Å². The van der Waals surface area contributed by atoms with E-state index in [0.717, 1.165) is 50.7 Å². The third-order valence-electron chi connectivity index (χ3n) is 5.29. The van der Waals surface area contributed by atoms with Gasteiger partial charge in [0.1, 0.15) is 0 Å². The summed E-state index contributed by atoms with van der Waals surface area (Å²) in [4.78, 5) is 66.4. The molecule has 12 nitrogen and oxygen atoms in total. The van der Waals surface area contributed by atoms with Crippen LogP contribution in [0.3, 0.4) is 0 Å². The highest BCUT2D eigenvalue weighted by Crippen LogP contribution is 2.15. The van der Waals surface area contributed by atoms with Crippen molar-refractivity contribution in [3.05, 3.63) is 25.3 Å². The molecule has 0 aromatic rings. The number of carbonyl (C=O) groups excluding carboxylic acids is 5. The minimum absolute atomic E-state index is 0.0665. The summed E-state index contributed by atoms with van der Waals surface area (Å²) in [5.74, 6) is -1.09. The number of esters is 3. The predicted molar refractivity (Wildman–Crippen MR) is 138 cm³/mol. The van der Waals surface area contributed by atoms with Crippen LogP contribution in [0.2, 0.25) is 0 Å². The number of methoxy groups -OCH3 is 1. The molecule has 0 aromatic carbocycles. The topological polar surface area (TPSA) is 157 Å². The van der Waals surface area contributed by atoms with Crippen molar-refractivity contribution in [2.45, 2.75) is 84.6 Å². The summed E-state index contributed by atoms with van der Waals surface area (Å²) in [6, 6.07) is 0. The first-order valence-corrected chi connectivity index (χ1v) is 12.4. The van der Waals surface area contributed by atoms with Crippen LogP contribution in [0.4, 0.5) is 0 Å². The Bertz CT molecular complexity index is 730. The Morgan fingerprint density at radius 1 is 0.816 bits per heavy atom. The first-order chi connectivity index (χ1) is 18.0. The van der Waals surface area contributed by atoms with Crippen LogP contribution in [0.25, 0.3) is 0 Å². The molecular formula is C26H42N2O10. The van der Waals surface area contributed by atoms with Crippen molar-refractivity contribution in [1.82, 2.24) is 9.80 Å². The molecule has 2 amide bonds. The van der Waals surface area contributed by atoms with Gasteiger partial charge >= 0.3 is 17.9 Å². The van der Waals surface area contributed by atoms with E-state index in [1.807, 2.05) is 0 Å². The van der Waals surface area contributed by atoms with Gasteiger partial charge in [0.15, 0.2) is 12.5 Å². The second kappa shape index (κ2) is 22.5. The smallest absolute Gasteiger partial charge is 0.332 e. The molecule has 216 valence electrons. The number of nitrogens with zero attached hydrogens (tertiary/aromatic N) is 2. The molecule has 2 atom stereocenters. The Balaban J connectivity index is 0. The van der Waals surface area contributed by atoms with Crippen LogP contribution in [0, 0.1) is 0 Å². The molecule has 2 fully saturated rings. The fourth-order valence-corrected chi connectivity index (χ4v) is 3.34. The number of likely N-dealkylation sites (tertiary alicyclic amines) is 2. The van der Waals surface area contributed by atoms with E-state index in [-0.39, 0.29) is 24.3 Å². The SMILES string of the molecule is C=CC(=O)OC(C)N1CCCCCC1=O.C=CC(=O)OC(C)N1CCCCCC1=O.COC(C)=O.O=CO. The van der Waals surface area contributed by atoms with Gasteiger partial charge in [-0.1, -0.05) is 26.0 Å². The Hall–Kier alpha value is -3.70. The predicted octanol–water partition coefficient (Wildman–Crippen LogP) is 2.81.